The Hall–Kier alpha value is -3.94. The number of aryl methyl sites for hydroxylation is 1. The van der Waals surface area contributed by atoms with Gasteiger partial charge in [-0.15, -0.1) is 0 Å². The first kappa shape index (κ1) is 24.2. The molecule has 1 heterocycles. The first-order valence-electron chi connectivity index (χ1n) is 11.7. The van der Waals surface area contributed by atoms with E-state index < -0.39 is 17.9 Å². The number of phenols is 1. The van der Waals surface area contributed by atoms with Gasteiger partial charge in [-0.25, -0.2) is 4.79 Å². The number of aliphatic carboxylic acids is 1. The first-order chi connectivity index (χ1) is 16.9. The molecular weight excluding hydrogens is 450 g/mol. The van der Waals surface area contributed by atoms with Crippen molar-refractivity contribution in [3.8, 4) is 34.1 Å². The van der Waals surface area contributed by atoms with Crippen LogP contribution in [0.15, 0.2) is 42.5 Å². The Morgan fingerprint density at radius 3 is 2.60 bits per heavy atom. The number of carbonyl (C=O) groups is 2. The molecule has 35 heavy (non-hydrogen) atoms. The first-order valence-corrected chi connectivity index (χ1v) is 11.7. The van der Waals surface area contributed by atoms with E-state index in [-0.39, 0.29) is 12.4 Å². The minimum Gasteiger partial charge on any atom is -0.507 e. The van der Waals surface area contributed by atoms with E-state index in [2.05, 4.69) is 5.32 Å². The standard InChI is InChI=1S/C27H29NO7/c1-3-5-21(27(31)32)28-24(29)15-35-19-7-8-20-18(13-19)12-16(2)25(26(20)30)17-6-9-22-23(14-17)34-11-4-10-33-22/h6-9,12-14,21,30H,3-5,10-11,15H2,1-2H3,(H,28,29)(H,31,32). The summed E-state index contributed by atoms with van der Waals surface area (Å²) in [5.74, 6) is 0.361. The summed E-state index contributed by atoms with van der Waals surface area (Å²) >= 11 is 0. The minimum atomic E-state index is -1.07. The van der Waals surface area contributed by atoms with Crippen LogP contribution in [0, 0.1) is 6.92 Å². The molecular formula is C27H29NO7. The van der Waals surface area contributed by atoms with Crippen LogP contribution >= 0.6 is 0 Å². The van der Waals surface area contributed by atoms with E-state index in [1.807, 2.05) is 38.1 Å². The van der Waals surface area contributed by atoms with Crippen LogP contribution in [0.2, 0.25) is 0 Å². The Labute approximate surface area is 203 Å². The molecule has 1 atom stereocenters. The number of nitrogens with one attached hydrogen (secondary N) is 1. The molecule has 184 valence electrons. The van der Waals surface area contributed by atoms with Crippen molar-refractivity contribution in [2.24, 2.45) is 0 Å². The predicted octanol–water partition coefficient (Wildman–Crippen LogP) is 4.43. The fourth-order valence-corrected chi connectivity index (χ4v) is 4.21. The van der Waals surface area contributed by atoms with Crippen molar-refractivity contribution in [2.45, 2.75) is 39.2 Å². The summed E-state index contributed by atoms with van der Waals surface area (Å²) in [6.07, 6.45) is 1.80. The number of rotatable bonds is 8. The molecule has 8 heteroatoms. The number of carbonyl (C=O) groups excluding carboxylic acids is 1. The number of carboxylic acid groups (broad SMARTS) is 1. The number of hydrogen-bond donors (Lipinski definition) is 3. The maximum absolute atomic E-state index is 12.1. The van der Waals surface area contributed by atoms with Gasteiger partial charge in [-0.3, -0.25) is 4.79 Å². The third-order valence-corrected chi connectivity index (χ3v) is 5.90. The molecule has 0 aliphatic carbocycles. The average molecular weight is 480 g/mol. The molecule has 3 N–H and O–H groups in total. The summed E-state index contributed by atoms with van der Waals surface area (Å²) in [7, 11) is 0. The number of carboxylic acids is 1. The fraction of sp³-hybridized carbons (Fsp3) is 0.333. The van der Waals surface area contributed by atoms with E-state index >= 15 is 0 Å². The minimum absolute atomic E-state index is 0.141. The molecule has 3 aromatic carbocycles. The van der Waals surface area contributed by atoms with Crippen LogP contribution in [0.1, 0.15) is 31.7 Å². The zero-order valence-electron chi connectivity index (χ0n) is 19.8. The summed E-state index contributed by atoms with van der Waals surface area (Å²) in [5, 5.41) is 24.2. The van der Waals surface area contributed by atoms with Gasteiger partial charge in [0.2, 0.25) is 0 Å². The van der Waals surface area contributed by atoms with Gasteiger partial charge in [0, 0.05) is 17.4 Å². The number of hydrogen-bond acceptors (Lipinski definition) is 6. The van der Waals surface area contributed by atoms with Crippen LogP contribution in [-0.4, -0.2) is 48.0 Å². The van der Waals surface area contributed by atoms with E-state index in [1.54, 1.807) is 18.2 Å². The highest BCUT2D eigenvalue weighted by Crippen LogP contribution is 2.42. The van der Waals surface area contributed by atoms with E-state index in [4.69, 9.17) is 14.2 Å². The second-order valence-corrected chi connectivity index (χ2v) is 8.55. The Morgan fingerprint density at radius 1 is 1.09 bits per heavy atom. The Bertz CT molecular complexity index is 1250. The lowest BCUT2D eigenvalue weighted by Gasteiger charge is -2.16. The van der Waals surface area contributed by atoms with Crippen LogP contribution in [0.25, 0.3) is 21.9 Å². The number of benzene rings is 3. The predicted molar refractivity (Wildman–Crippen MR) is 131 cm³/mol. The van der Waals surface area contributed by atoms with Gasteiger partial charge in [-0.2, -0.15) is 0 Å². The van der Waals surface area contributed by atoms with Crippen LogP contribution in [0.3, 0.4) is 0 Å². The number of ether oxygens (including phenoxy) is 3. The highest BCUT2D eigenvalue weighted by Gasteiger charge is 2.20. The van der Waals surface area contributed by atoms with Crippen molar-refractivity contribution in [3.05, 3.63) is 48.0 Å². The van der Waals surface area contributed by atoms with Crippen molar-refractivity contribution < 1.29 is 34.0 Å². The molecule has 0 saturated carbocycles. The third kappa shape index (κ3) is 5.42. The molecule has 1 aliphatic rings. The topological polar surface area (TPSA) is 114 Å². The second-order valence-electron chi connectivity index (χ2n) is 8.55. The van der Waals surface area contributed by atoms with Gasteiger partial charge in [-0.05, 0) is 60.2 Å². The number of phenolic OH excluding ortho intramolecular Hbond substituents is 1. The van der Waals surface area contributed by atoms with Crippen LogP contribution in [0.4, 0.5) is 0 Å². The van der Waals surface area contributed by atoms with E-state index in [1.165, 1.54) is 0 Å². The maximum atomic E-state index is 12.1. The number of aromatic hydroxyl groups is 1. The van der Waals surface area contributed by atoms with Crippen LogP contribution in [0.5, 0.6) is 23.0 Å². The lowest BCUT2D eigenvalue weighted by atomic mass is 9.94. The smallest absolute Gasteiger partial charge is 0.326 e. The normalized spacial score (nSPS) is 13.7. The molecule has 4 rings (SSSR count). The maximum Gasteiger partial charge on any atom is 0.326 e. The third-order valence-electron chi connectivity index (χ3n) is 5.90. The number of amides is 1. The van der Waals surface area contributed by atoms with Crippen LogP contribution < -0.4 is 19.5 Å². The van der Waals surface area contributed by atoms with Crippen molar-refractivity contribution in [3.63, 3.8) is 0 Å². The van der Waals surface area contributed by atoms with Crippen LogP contribution in [-0.2, 0) is 9.59 Å². The van der Waals surface area contributed by atoms with Crippen molar-refractivity contribution in [1.82, 2.24) is 5.32 Å². The Morgan fingerprint density at radius 2 is 1.86 bits per heavy atom. The Kier molecular flexibility index (Phi) is 7.29. The molecule has 0 radical (unpaired) electrons. The second kappa shape index (κ2) is 10.5. The summed E-state index contributed by atoms with van der Waals surface area (Å²) in [5.41, 5.74) is 2.39. The molecule has 1 amide bonds. The summed E-state index contributed by atoms with van der Waals surface area (Å²) in [6.45, 7) is 4.65. The Balaban J connectivity index is 1.54. The van der Waals surface area contributed by atoms with Gasteiger partial charge in [0.1, 0.15) is 17.5 Å². The van der Waals surface area contributed by atoms with Gasteiger partial charge in [0.25, 0.3) is 5.91 Å². The lowest BCUT2D eigenvalue weighted by Crippen LogP contribution is -2.42. The van der Waals surface area contributed by atoms with E-state index in [0.29, 0.717) is 54.3 Å². The van der Waals surface area contributed by atoms with Gasteiger partial charge in [-0.1, -0.05) is 25.5 Å². The zero-order valence-corrected chi connectivity index (χ0v) is 19.8. The van der Waals surface area contributed by atoms with Gasteiger partial charge >= 0.3 is 5.97 Å². The molecule has 1 unspecified atom stereocenters. The quantitative estimate of drug-likeness (QED) is 0.438. The largest absolute Gasteiger partial charge is 0.507 e. The van der Waals surface area contributed by atoms with Gasteiger partial charge in [0.15, 0.2) is 18.1 Å². The molecule has 1 aliphatic heterocycles. The molecule has 0 spiro atoms. The van der Waals surface area contributed by atoms with E-state index in [0.717, 1.165) is 22.9 Å². The molecule has 3 aromatic rings. The fourth-order valence-electron chi connectivity index (χ4n) is 4.21. The molecule has 0 bridgehead atoms. The highest BCUT2D eigenvalue weighted by atomic mass is 16.5. The summed E-state index contributed by atoms with van der Waals surface area (Å²) in [6, 6.07) is 11.8. The zero-order chi connectivity index (χ0) is 24.9. The van der Waals surface area contributed by atoms with Crippen molar-refractivity contribution >= 4 is 22.6 Å². The van der Waals surface area contributed by atoms with Crippen molar-refractivity contribution in [1.29, 1.82) is 0 Å². The highest BCUT2D eigenvalue weighted by molar-refractivity contribution is 5.97. The van der Waals surface area contributed by atoms with Gasteiger partial charge in [0.05, 0.1) is 13.2 Å². The average Bonchev–Trinajstić information content (AvgIpc) is 3.07. The number of fused-ring (bicyclic) bond motifs is 2. The molecule has 8 nitrogen and oxygen atoms in total. The molecule has 0 fully saturated rings. The molecule has 0 aromatic heterocycles. The van der Waals surface area contributed by atoms with E-state index in [9.17, 15) is 19.8 Å². The SMILES string of the molecule is CCCC(NC(=O)COc1ccc2c(O)c(-c3ccc4c(c3)OCCCO4)c(C)cc2c1)C(=O)O. The summed E-state index contributed by atoms with van der Waals surface area (Å²) in [4.78, 5) is 23.4. The lowest BCUT2D eigenvalue weighted by molar-refractivity contribution is -0.142. The monoisotopic (exact) mass is 479 g/mol. The van der Waals surface area contributed by atoms with Crippen molar-refractivity contribution in [2.75, 3.05) is 19.8 Å². The summed E-state index contributed by atoms with van der Waals surface area (Å²) < 4.78 is 17.1. The van der Waals surface area contributed by atoms with Gasteiger partial charge < -0.3 is 29.7 Å². The molecule has 0 saturated heterocycles.